The van der Waals surface area contributed by atoms with Gasteiger partial charge >= 0.3 is 5.97 Å². The Kier molecular flexibility index (Phi) is 6.49. The van der Waals surface area contributed by atoms with Crippen LogP contribution in [0.2, 0.25) is 10.0 Å². The normalized spacial score (nSPS) is 11.5. The number of benzene rings is 2. The number of hydrogen-bond donors (Lipinski definition) is 0. The monoisotopic (exact) mass is 419 g/mol. The van der Waals surface area contributed by atoms with Crippen molar-refractivity contribution in [3.63, 3.8) is 0 Å². The molecule has 2 rings (SSSR count). The van der Waals surface area contributed by atoms with E-state index in [1.807, 2.05) is 0 Å². The maximum atomic E-state index is 13.2. The van der Waals surface area contributed by atoms with Gasteiger partial charge in [-0.2, -0.15) is 0 Å². The second kappa shape index (κ2) is 8.24. The van der Waals surface area contributed by atoms with E-state index in [0.717, 1.165) is 16.4 Å². The maximum absolute atomic E-state index is 13.2. The second-order valence-electron chi connectivity index (χ2n) is 5.60. The molecule has 0 N–H and O–H groups in total. The van der Waals surface area contributed by atoms with Crippen molar-refractivity contribution < 1.29 is 22.3 Å². The van der Waals surface area contributed by atoms with Crippen molar-refractivity contribution in [3.8, 4) is 0 Å². The molecule has 9 heteroatoms. The Hall–Kier alpha value is -1.83. The minimum atomic E-state index is -4.26. The third-order valence-corrected chi connectivity index (χ3v) is 5.71. The molecule has 0 radical (unpaired) electrons. The molecule has 0 amide bonds. The molecule has 0 unspecified atom stereocenters. The predicted molar refractivity (Wildman–Crippen MR) is 98.6 cm³/mol. The third-order valence-electron chi connectivity index (χ3n) is 3.22. The van der Waals surface area contributed by atoms with Gasteiger partial charge in [-0.3, -0.25) is 9.10 Å². The Bertz CT molecular complexity index is 901. The van der Waals surface area contributed by atoms with Gasteiger partial charge in [0.05, 0.1) is 16.8 Å². The number of anilines is 1. The van der Waals surface area contributed by atoms with Crippen LogP contribution in [0.5, 0.6) is 0 Å². The molecule has 0 aliphatic heterocycles. The lowest BCUT2D eigenvalue weighted by molar-refractivity contribution is -0.145. The maximum Gasteiger partial charge on any atom is 0.327 e. The van der Waals surface area contributed by atoms with Gasteiger partial charge in [0.15, 0.2) is 0 Å². The first-order valence-corrected chi connectivity index (χ1v) is 9.73. The minimum absolute atomic E-state index is 0.0567. The first-order chi connectivity index (χ1) is 12.1. The van der Waals surface area contributed by atoms with Crippen LogP contribution in [0, 0.1) is 5.82 Å². The van der Waals surface area contributed by atoms with Gasteiger partial charge in [0.2, 0.25) is 0 Å². The summed E-state index contributed by atoms with van der Waals surface area (Å²) >= 11 is 11.9. The molecule has 0 saturated carbocycles. The highest BCUT2D eigenvalue weighted by molar-refractivity contribution is 7.93. The lowest BCUT2D eigenvalue weighted by atomic mass is 10.3. The second-order valence-corrected chi connectivity index (χ2v) is 8.28. The molecule has 0 aromatic heterocycles. The molecule has 0 atom stereocenters. The fraction of sp³-hybridized carbons (Fsp3) is 0.235. The van der Waals surface area contributed by atoms with Crippen molar-refractivity contribution in [2.24, 2.45) is 0 Å². The van der Waals surface area contributed by atoms with Crippen molar-refractivity contribution in [2.45, 2.75) is 24.8 Å². The van der Waals surface area contributed by atoms with Gasteiger partial charge in [0.1, 0.15) is 17.3 Å². The minimum Gasteiger partial charge on any atom is -0.462 e. The molecule has 2 aromatic carbocycles. The quantitative estimate of drug-likeness (QED) is 0.655. The van der Waals surface area contributed by atoms with Crippen molar-refractivity contribution >= 4 is 44.9 Å². The van der Waals surface area contributed by atoms with E-state index in [9.17, 15) is 17.6 Å². The zero-order valence-electron chi connectivity index (χ0n) is 13.9. The molecule has 2 aromatic rings. The molecule has 0 bridgehead atoms. The number of nitrogens with zero attached hydrogens (tertiary/aromatic N) is 1. The average molecular weight is 420 g/mol. The number of carbonyl (C=O) groups excluding carboxylic acids is 1. The molecule has 26 heavy (non-hydrogen) atoms. The molecule has 0 heterocycles. The summed E-state index contributed by atoms with van der Waals surface area (Å²) in [5.74, 6) is -1.30. The van der Waals surface area contributed by atoms with Crippen LogP contribution in [0.25, 0.3) is 0 Å². The molecule has 0 aliphatic rings. The molecule has 0 fully saturated rings. The lowest BCUT2D eigenvalue weighted by Crippen LogP contribution is -2.37. The number of sulfonamides is 1. The van der Waals surface area contributed by atoms with Gasteiger partial charge in [-0.1, -0.05) is 23.2 Å². The summed E-state index contributed by atoms with van der Waals surface area (Å²) in [6.45, 7) is 2.68. The summed E-state index contributed by atoms with van der Waals surface area (Å²) in [5, 5.41) is 0.107. The van der Waals surface area contributed by atoms with Crippen LogP contribution in [0.3, 0.4) is 0 Å². The van der Waals surface area contributed by atoms with E-state index in [-0.39, 0.29) is 20.6 Å². The Labute approximate surface area is 161 Å². The first kappa shape index (κ1) is 20.5. The number of rotatable bonds is 6. The summed E-state index contributed by atoms with van der Waals surface area (Å²) in [5.41, 5.74) is 0.0862. The van der Waals surface area contributed by atoms with Crippen LogP contribution in [-0.4, -0.2) is 27.0 Å². The highest BCUT2D eigenvalue weighted by Gasteiger charge is 2.30. The van der Waals surface area contributed by atoms with Crippen LogP contribution in [0.4, 0.5) is 10.1 Å². The standard InChI is InChI=1S/C17H16Cl2FNO4S/c1-11(2)25-17(22)10-21(14-6-4-13(20)5-7-14)26(23,24)16-9-12(18)3-8-15(16)19/h3-9,11H,10H2,1-2H3. The molecular weight excluding hydrogens is 404 g/mol. The fourth-order valence-corrected chi connectivity index (χ4v) is 4.28. The van der Waals surface area contributed by atoms with Gasteiger partial charge < -0.3 is 4.74 Å². The molecule has 0 aliphatic carbocycles. The summed E-state index contributed by atoms with van der Waals surface area (Å²) < 4.78 is 45.2. The third kappa shape index (κ3) is 4.87. The van der Waals surface area contributed by atoms with E-state index in [1.54, 1.807) is 13.8 Å². The highest BCUT2D eigenvalue weighted by Crippen LogP contribution is 2.30. The van der Waals surface area contributed by atoms with Crippen LogP contribution < -0.4 is 4.31 Å². The van der Waals surface area contributed by atoms with Gasteiger partial charge in [0.25, 0.3) is 10.0 Å². The van der Waals surface area contributed by atoms with Gasteiger partial charge in [0, 0.05) is 5.02 Å². The topological polar surface area (TPSA) is 63.7 Å². The number of hydrogen-bond acceptors (Lipinski definition) is 4. The van der Waals surface area contributed by atoms with Crippen LogP contribution >= 0.6 is 23.2 Å². The van der Waals surface area contributed by atoms with Crippen LogP contribution in [0.15, 0.2) is 47.4 Å². The summed E-state index contributed by atoms with van der Waals surface area (Å²) in [6.07, 6.45) is -0.421. The molecular formula is C17H16Cl2FNO4S. The van der Waals surface area contributed by atoms with E-state index >= 15 is 0 Å². The largest absolute Gasteiger partial charge is 0.462 e. The van der Waals surface area contributed by atoms with E-state index in [2.05, 4.69) is 0 Å². The Morgan fingerprint density at radius 1 is 1.15 bits per heavy atom. The molecule has 0 spiro atoms. The van der Waals surface area contributed by atoms with Gasteiger partial charge in [-0.15, -0.1) is 0 Å². The highest BCUT2D eigenvalue weighted by atomic mass is 35.5. The average Bonchev–Trinajstić information content (AvgIpc) is 2.55. The van der Waals surface area contributed by atoms with Crippen LogP contribution in [-0.2, 0) is 19.6 Å². The smallest absolute Gasteiger partial charge is 0.327 e. The van der Waals surface area contributed by atoms with E-state index in [4.69, 9.17) is 27.9 Å². The predicted octanol–water partition coefficient (Wildman–Crippen LogP) is 4.28. The Balaban J connectivity index is 2.53. The summed E-state index contributed by atoms with van der Waals surface area (Å²) in [6, 6.07) is 8.63. The number of ether oxygens (including phenoxy) is 1. The zero-order valence-corrected chi connectivity index (χ0v) is 16.3. The SMILES string of the molecule is CC(C)OC(=O)CN(c1ccc(F)cc1)S(=O)(=O)c1cc(Cl)ccc1Cl. The molecule has 140 valence electrons. The fourth-order valence-electron chi connectivity index (χ4n) is 2.13. The van der Waals surface area contributed by atoms with Crippen molar-refractivity contribution in [2.75, 3.05) is 10.8 Å². The summed E-state index contributed by atoms with van der Waals surface area (Å²) in [4.78, 5) is 11.8. The van der Waals surface area contributed by atoms with E-state index in [0.29, 0.717) is 0 Å². The number of halogens is 3. The van der Waals surface area contributed by atoms with E-state index < -0.39 is 34.5 Å². The van der Waals surface area contributed by atoms with Gasteiger partial charge in [-0.05, 0) is 56.3 Å². The first-order valence-electron chi connectivity index (χ1n) is 7.54. The van der Waals surface area contributed by atoms with Crippen LogP contribution in [0.1, 0.15) is 13.8 Å². The van der Waals surface area contributed by atoms with Gasteiger partial charge in [-0.25, -0.2) is 12.8 Å². The molecule has 5 nitrogen and oxygen atoms in total. The zero-order chi connectivity index (χ0) is 19.5. The van der Waals surface area contributed by atoms with Crippen molar-refractivity contribution in [3.05, 3.63) is 58.3 Å². The number of esters is 1. The molecule has 0 saturated heterocycles. The summed E-state index contributed by atoms with van der Waals surface area (Å²) in [7, 11) is -4.26. The Morgan fingerprint density at radius 2 is 1.77 bits per heavy atom. The number of carbonyl (C=O) groups is 1. The lowest BCUT2D eigenvalue weighted by Gasteiger charge is -2.24. The van der Waals surface area contributed by atoms with Crippen molar-refractivity contribution in [1.82, 2.24) is 0 Å². The van der Waals surface area contributed by atoms with Crippen molar-refractivity contribution in [1.29, 1.82) is 0 Å². The Morgan fingerprint density at radius 3 is 2.35 bits per heavy atom. The van der Waals surface area contributed by atoms with E-state index in [1.165, 1.54) is 30.3 Å².